The zero-order valence-corrected chi connectivity index (χ0v) is 7.60. The predicted molar refractivity (Wildman–Crippen MR) is 46.2 cm³/mol. The Bertz CT molecular complexity index is 295. The van der Waals surface area contributed by atoms with Gasteiger partial charge in [-0.05, 0) is 17.5 Å². The molecule has 0 bridgehead atoms. The number of rotatable bonds is 2. The Labute approximate surface area is 80.2 Å². The van der Waals surface area contributed by atoms with Crippen molar-refractivity contribution in [1.82, 2.24) is 0 Å². The number of aliphatic hydroxyl groups excluding tert-OH is 1. The molecule has 1 nitrogen and oxygen atoms in total. The number of alkyl halides is 3. The summed E-state index contributed by atoms with van der Waals surface area (Å²) in [5, 5.41) is 8.68. The molecule has 0 spiro atoms. The molecule has 0 saturated heterocycles. The molecule has 0 unspecified atom stereocenters. The van der Waals surface area contributed by atoms with Crippen LogP contribution in [0.4, 0.5) is 13.2 Å². The van der Waals surface area contributed by atoms with Gasteiger partial charge in [-0.1, -0.05) is 25.1 Å². The fourth-order valence-electron chi connectivity index (χ4n) is 1.37. The van der Waals surface area contributed by atoms with Crippen molar-refractivity contribution in [1.29, 1.82) is 0 Å². The van der Waals surface area contributed by atoms with E-state index in [1.54, 1.807) is 6.92 Å². The van der Waals surface area contributed by atoms with Crippen LogP contribution in [-0.2, 0) is 12.6 Å². The lowest BCUT2D eigenvalue weighted by molar-refractivity contribution is -0.138. The third-order valence-electron chi connectivity index (χ3n) is 1.99. The first kappa shape index (κ1) is 11.0. The van der Waals surface area contributed by atoms with E-state index >= 15 is 0 Å². The first-order chi connectivity index (χ1) is 6.50. The van der Waals surface area contributed by atoms with Gasteiger partial charge < -0.3 is 5.11 Å². The number of halogens is 3. The van der Waals surface area contributed by atoms with Gasteiger partial charge in [0.2, 0.25) is 0 Å². The molecule has 14 heavy (non-hydrogen) atoms. The van der Waals surface area contributed by atoms with Gasteiger partial charge in [0.05, 0.1) is 5.56 Å². The number of aliphatic hydroxyl groups is 1. The van der Waals surface area contributed by atoms with E-state index in [1.807, 2.05) is 0 Å². The van der Waals surface area contributed by atoms with Crippen LogP contribution < -0.4 is 0 Å². The van der Waals surface area contributed by atoms with Gasteiger partial charge in [-0.3, -0.25) is 0 Å². The first-order valence-corrected chi connectivity index (χ1v) is 4.17. The molecule has 1 N–H and O–H groups in total. The molecule has 4 heteroatoms. The Morgan fingerprint density at radius 3 is 2.43 bits per heavy atom. The maximum absolute atomic E-state index is 12.6. The maximum Gasteiger partial charge on any atom is 0.417 e. The molecule has 0 amide bonds. The van der Waals surface area contributed by atoms with Crippen LogP contribution in [0.5, 0.6) is 0 Å². The fourth-order valence-corrected chi connectivity index (χ4v) is 1.37. The normalized spacial score (nSPS) is 11.8. The van der Waals surface area contributed by atoms with Crippen molar-refractivity contribution in [2.45, 2.75) is 19.5 Å². The standard InChI is InChI=1S/C10H10F3O/c1-2-7-4-3-5-8(6-14)9(7)10(11,12)13/h3-6,14H,2H2,1H3. The lowest BCUT2D eigenvalue weighted by Gasteiger charge is -2.14. The van der Waals surface area contributed by atoms with E-state index in [2.05, 4.69) is 0 Å². The molecule has 1 radical (unpaired) electrons. The van der Waals surface area contributed by atoms with E-state index in [0.717, 1.165) is 0 Å². The second-order valence-electron chi connectivity index (χ2n) is 2.86. The SMILES string of the molecule is CCc1cccc([CH]O)c1C(F)(F)F. The third kappa shape index (κ3) is 2.07. The van der Waals surface area contributed by atoms with Gasteiger partial charge in [0, 0.05) is 0 Å². The highest BCUT2D eigenvalue weighted by Crippen LogP contribution is 2.35. The highest BCUT2D eigenvalue weighted by Gasteiger charge is 2.35. The first-order valence-electron chi connectivity index (χ1n) is 4.17. The zero-order valence-electron chi connectivity index (χ0n) is 7.60. The number of hydrogen-bond donors (Lipinski definition) is 1. The second kappa shape index (κ2) is 4.00. The van der Waals surface area contributed by atoms with Crippen molar-refractivity contribution in [2.24, 2.45) is 0 Å². The monoisotopic (exact) mass is 203 g/mol. The average molecular weight is 203 g/mol. The van der Waals surface area contributed by atoms with Crippen molar-refractivity contribution in [2.75, 3.05) is 0 Å². The summed E-state index contributed by atoms with van der Waals surface area (Å²) in [6, 6.07) is 4.15. The maximum atomic E-state index is 12.6. The van der Waals surface area contributed by atoms with Gasteiger partial charge in [0.25, 0.3) is 0 Å². The van der Waals surface area contributed by atoms with Crippen molar-refractivity contribution >= 4 is 0 Å². The Balaban J connectivity index is 3.34. The Morgan fingerprint density at radius 2 is 2.00 bits per heavy atom. The highest BCUT2D eigenvalue weighted by molar-refractivity contribution is 5.40. The van der Waals surface area contributed by atoms with E-state index in [-0.39, 0.29) is 17.5 Å². The van der Waals surface area contributed by atoms with E-state index in [4.69, 9.17) is 5.11 Å². The lowest BCUT2D eigenvalue weighted by atomic mass is 9.99. The van der Waals surface area contributed by atoms with Gasteiger partial charge in [-0.2, -0.15) is 13.2 Å². The molecule has 1 rings (SSSR count). The van der Waals surface area contributed by atoms with E-state index in [0.29, 0.717) is 6.61 Å². The fraction of sp³-hybridized carbons (Fsp3) is 0.300. The summed E-state index contributed by atoms with van der Waals surface area (Å²) in [7, 11) is 0. The van der Waals surface area contributed by atoms with Gasteiger partial charge in [-0.25, -0.2) is 0 Å². The lowest BCUT2D eigenvalue weighted by Crippen LogP contribution is -2.12. The number of benzene rings is 1. The van der Waals surface area contributed by atoms with Crippen LogP contribution in [0.25, 0.3) is 0 Å². The third-order valence-corrected chi connectivity index (χ3v) is 1.99. The summed E-state index contributed by atoms with van der Waals surface area (Å²) in [5.41, 5.74) is -0.734. The molecule has 77 valence electrons. The molecule has 1 aromatic rings. The molecular formula is C10H10F3O. The molecule has 0 aliphatic carbocycles. The molecule has 0 atom stereocenters. The number of aryl methyl sites for hydroxylation is 1. The average Bonchev–Trinajstić information content (AvgIpc) is 2.15. The second-order valence-corrected chi connectivity index (χ2v) is 2.86. The largest absolute Gasteiger partial charge is 0.417 e. The van der Waals surface area contributed by atoms with Crippen LogP contribution in [0.1, 0.15) is 23.6 Å². The van der Waals surface area contributed by atoms with Crippen LogP contribution in [-0.4, -0.2) is 5.11 Å². The van der Waals surface area contributed by atoms with Crippen molar-refractivity contribution in [3.8, 4) is 0 Å². The van der Waals surface area contributed by atoms with Crippen molar-refractivity contribution in [3.63, 3.8) is 0 Å². The molecule has 0 saturated carbocycles. The Hall–Kier alpha value is -1.03. The van der Waals surface area contributed by atoms with Gasteiger partial charge in [0.1, 0.15) is 6.61 Å². The summed E-state index contributed by atoms with van der Waals surface area (Å²) < 4.78 is 37.7. The summed E-state index contributed by atoms with van der Waals surface area (Å²) in [6.07, 6.45) is -4.13. The van der Waals surface area contributed by atoms with Crippen molar-refractivity contribution < 1.29 is 18.3 Å². The summed E-state index contributed by atoms with van der Waals surface area (Å²) >= 11 is 0. The van der Waals surface area contributed by atoms with Crippen LogP contribution in [0.15, 0.2) is 18.2 Å². The Morgan fingerprint density at radius 1 is 1.36 bits per heavy atom. The Kier molecular flexibility index (Phi) is 3.16. The van der Waals surface area contributed by atoms with Crippen LogP contribution >= 0.6 is 0 Å². The van der Waals surface area contributed by atoms with Gasteiger partial charge in [0.15, 0.2) is 0 Å². The summed E-state index contributed by atoms with van der Waals surface area (Å²) in [6.45, 7) is 2.13. The molecule has 1 aromatic carbocycles. The molecular weight excluding hydrogens is 193 g/mol. The zero-order chi connectivity index (χ0) is 10.8. The minimum atomic E-state index is -4.42. The van der Waals surface area contributed by atoms with Crippen molar-refractivity contribution in [3.05, 3.63) is 41.5 Å². The van der Waals surface area contributed by atoms with Crippen LogP contribution in [0.3, 0.4) is 0 Å². The predicted octanol–water partition coefficient (Wildman–Crippen LogP) is 3.15. The van der Waals surface area contributed by atoms with E-state index in [9.17, 15) is 13.2 Å². The molecule has 0 fully saturated rings. The van der Waals surface area contributed by atoms with Crippen LogP contribution in [0, 0.1) is 6.61 Å². The topological polar surface area (TPSA) is 20.2 Å². The minimum absolute atomic E-state index is 0.183. The van der Waals surface area contributed by atoms with Crippen LogP contribution in [0.2, 0.25) is 0 Å². The summed E-state index contributed by atoms with van der Waals surface area (Å²) in [4.78, 5) is 0. The molecule has 0 heterocycles. The molecule has 0 aliphatic rings. The minimum Gasteiger partial charge on any atom is -0.385 e. The van der Waals surface area contributed by atoms with E-state index in [1.165, 1.54) is 18.2 Å². The smallest absolute Gasteiger partial charge is 0.385 e. The molecule has 0 aliphatic heterocycles. The quantitative estimate of drug-likeness (QED) is 0.782. The van der Waals surface area contributed by atoms with Gasteiger partial charge >= 0.3 is 6.18 Å². The number of hydrogen-bond acceptors (Lipinski definition) is 1. The van der Waals surface area contributed by atoms with Gasteiger partial charge in [-0.15, -0.1) is 0 Å². The highest BCUT2D eigenvalue weighted by atomic mass is 19.4. The van der Waals surface area contributed by atoms with E-state index < -0.39 is 11.7 Å². The summed E-state index contributed by atoms with van der Waals surface area (Å²) in [5.74, 6) is 0. The molecule has 0 aromatic heterocycles.